The fourth-order valence-electron chi connectivity index (χ4n) is 3.15. The summed E-state index contributed by atoms with van der Waals surface area (Å²) in [6.45, 7) is 1.96. The molecule has 0 spiro atoms. The Morgan fingerprint density at radius 1 is 0.774 bits per heavy atom. The van der Waals surface area contributed by atoms with Crippen LogP contribution in [0.3, 0.4) is 0 Å². The standard InChI is InChI=1S/C25H16F4S2/c1-2-3-15-10-22(28)21(23(29)11-15)7-6-20-14-25-24(31-20)13-19(30-25)5-4-16-8-17(26)12-18(27)9-16/h6-14H,2-3H2,1H3/b7-6+. The Balaban J connectivity index is 1.54. The molecule has 0 aliphatic rings. The van der Waals surface area contributed by atoms with E-state index >= 15 is 0 Å². The minimum atomic E-state index is -0.666. The Hall–Kier alpha value is -2.88. The summed E-state index contributed by atoms with van der Waals surface area (Å²) in [7, 11) is 0. The second-order valence-corrected chi connectivity index (χ2v) is 9.15. The summed E-state index contributed by atoms with van der Waals surface area (Å²) >= 11 is 2.93. The quantitative estimate of drug-likeness (QED) is 0.215. The van der Waals surface area contributed by atoms with Crippen molar-refractivity contribution < 1.29 is 17.6 Å². The normalized spacial score (nSPS) is 11.3. The van der Waals surface area contributed by atoms with Crippen molar-refractivity contribution in [3.63, 3.8) is 0 Å². The number of hydrogen-bond donors (Lipinski definition) is 0. The van der Waals surface area contributed by atoms with Crippen LogP contribution >= 0.6 is 22.7 Å². The van der Waals surface area contributed by atoms with E-state index in [-0.39, 0.29) is 11.1 Å². The maximum atomic E-state index is 14.3. The molecule has 0 unspecified atom stereocenters. The topological polar surface area (TPSA) is 0 Å². The monoisotopic (exact) mass is 456 g/mol. The third kappa shape index (κ3) is 5.07. The van der Waals surface area contributed by atoms with Crippen molar-refractivity contribution in [1.82, 2.24) is 0 Å². The molecule has 0 fully saturated rings. The number of benzene rings is 2. The van der Waals surface area contributed by atoms with Crippen molar-refractivity contribution in [2.75, 3.05) is 0 Å². The lowest BCUT2D eigenvalue weighted by Crippen LogP contribution is -1.93. The predicted molar refractivity (Wildman–Crippen MR) is 121 cm³/mol. The number of fused-ring (bicyclic) bond motifs is 1. The fraction of sp³-hybridized carbons (Fsp3) is 0.120. The van der Waals surface area contributed by atoms with E-state index in [4.69, 9.17) is 0 Å². The molecule has 2 aromatic carbocycles. The molecule has 4 rings (SSSR count). The third-order valence-corrected chi connectivity index (χ3v) is 6.68. The van der Waals surface area contributed by atoms with Crippen LogP contribution in [0.25, 0.3) is 21.6 Å². The molecule has 0 aliphatic heterocycles. The SMILES string of the molecule is CCCc1cc(F)c(/C=C/c2cc3sc(C#Cc4cc(F)cc(F)c4)cc3s2)c(F)c1. The smallest absolute Gasteiger partial charge is 0.133 e. The van der Waals surface area contributed by atoms with Crippen LogP contribution in [0.4, 0.5) is 17.6 Å². The number of halogens is 4. The van der Waals surface area contributed by atoms with Crippen molar-refractivity contribution in [2.45, 2.75) is 19.8 Å². The summed E-state index contributed by atoms with van der Waals surface area (Å²) in [6.07, 6.45) is 4.61. The van der Waals surface area contributed by atoms with Gasteiger partial charge >= 0.3 is 0 Å². The molecule has 2 heterocycles. The van der Waals surface area contributed by atoms with E-state index in [2.05, 4.69) is 11.8 Å². The maximum Gasteiger partial charge on any atom is 0.133 e. The first-order valence-electron chi connectivity index (χ1n) is 9.59. The first-order chi connectivity index (χ1) is 14.9. The number of thiophene rings is 2. The van der Waals surface area contributed by atoms with Crippen LogP contribution < -0.4 is 0 Å². The van der Waals surface area contributed by atoms with Crippen molar-refractivity contribution in [2.24, 2.45) is 0 Å². The van der Waals surface area contributed by atoms with Gasteiger partial charge in [-0.25, -0.2) is 17.6 Å². The Bertz CT molecular complexity index is 1270. The average molecular weight is 457 g/mol. The summed E-state index contributed by atoms with van der Waals surface area (Å²) in [5, 5.41) is 0. The molecule has 0 amide bonds. The fourth-order valence-corrected chi connectivity index (χ4v) is 5.32. The first kappa shape index (κ1) is 21.4. The lowest BCUT2D eigenvalue weighted by atomic mass is 10.1. The van der Waals surface area contributed by atoms with Gasteiger partial charge in [-0.15, -0.1) is 22.7 Å². The lowest BCUT2D eigenvalue weighted by Gasteiger charge is -2.04. The van der Waals surface area contributed by atoms with E-state index < -0.39 is 23.3 Å². The van der Waals surface area contributed by atoms with Gasteiger partial charge in [-0.2, -0.15) is 0 Å². The Kier molecular flexibility index (Phi) is 6.26. The van der Waals surface area contributed by atoms with E-state index in [9.17, 15) is 17.6 Å². The highest BCUT2D eigenvalue weighted by Crippen LogP contribution is 2.34. The summed E-state index contributed by atoms with van der Waals surface area (Å²) in [5.41, 5.74) is 0.873. The van der Waals surface area contributed by atoms with Gasteiger partial charge in [-0.05, 0) is 60.5 Å². The second kappa shape index (κ2) is 9.09. The van der Waals surface area contributed by atoms with Gasteiger partial charge in [0.2, 0.25) is 0 Å². The summed E-state index contributed by atoms with van der Waals surface area (Å²) in [4.78, 5) is 1.63. The van der Waals surface area contributed by atoms with E-state index in [1.807, 2.05) is 19.1 Å². The van der Waals surface area contributed by atoms with Gasteiger partial charge in [0.15, 0.2) is 0 Å². The van der Waals surface area contributed by atoms with Gasteiger partial charge in [0.1, 0.15) is 23.3 Å². The molecule has 0 saturated heterocycles. The van der Waals surface area contributed by atoms with Gasteiger partial charge in [-0.3, -0.25) is 0 Å². The molecule has 0 atom stereocenters. The van der Waals surface area contributed by atoms with Crippen LogP contribution in [-0.2, 0) is 6.42 Å². The van der Waals surface area contributed by atoms with Gasteiger partial charge in [0.05, 0.1) is 4.88 Å². The molecular weight excluding hydrogens is 440 g/mol. The third-order valence-electron chi connectivity index (χ3n) is 4.51. The molecule has 0 nitrogen and oxygen atoms in total. The van der Waals surface area contributed by atoms with Gasteiger partial charge < -0.3 is 0 Å². The zero-order valence-corrected chi connectivity index (χ0v) is 18.1. The highest BCUT2D eigenvalue weighted by molar-refractivity contribution is 7.28. The van der Waals surface area contributed by atoms with E-state index in [1.165, 1.54) is 53.0 Å². The zero-order valence-electron chi connectivity index (χ0n) is 16.4. The van der Waals surface area contributed by atoms with E-state index in [1.54, 1.807) is 6.08 Å². The summed E-state index contributed by atoms with van der Waals surface area (Å²) in [6, 6.07) is 9.76. The molecule has 4 aromatic rings. The van der Waals surface area contributed by atoms with Crippen molar-refractivity contribution in [3.05, 3.63) is 92.2 Å². The van der Waals surface area contributed by atoms with Crippen LogP contribution in [0.1, 0.15) is 39.8 Å². The second-order valence-electron chi connectivity index (χ2n) is 6.95. The molecule has 6 heteroatoms. The molecule has 31 heavy (non-hydrogen) atoms. The lowest BCUT2D eigenvalue weighted by molar-refractivity contribution is 0.574. The Morgan fingerprint density at radius 3 is 2.10 bits per heavy atom. The molecular formula is C25H16F4S2. The van der Waals surface area contributed by atoms with Gasteiger partial charge in [0.25, 0.3) is 0 Å². The minimum Gasteiger partial charge on any atom is -0.207 e. The van der Waals surface area contributed by atoms with Crippen LogP contribution in [0.2, 0.25) is 0 Å². The van der Waals surface area contributed by atoms with E-state index in [0.29, 0.717) is 12.0 Å². The number of aryl methyl sites for hydroxylation is 1. The molecule has 0 aliphatic carbocycles. The van der Waals surface area contributed by atoms with E-state index in [0.717, 1.165) is 31.6 Å². The summed E-state index contributed by atoms with van der Waals surface area (Å²) < 4.78 is 57.0. The van der Waals surface area contributed by atoms with Gasteiger partial charge in [0, 0.05) is 31.5 Å². The summed E-state index contributed by atoms with van der Waals surface area (Å²) in [5.74, 6) is 3.23. The first-order valence-corrected chi connectivity index (χ1v) is 11.2. The highest BCUT2D eigenvalue weighted by atomic mass is 32.1. The van der Waals surface area contributed by atoms with Crippen molar-refractivity contribution >= 4 is 44.2 Å². The average Bonchev–Trinajstić information content (AvgIpc) is 3.23. The van der Waals surface area contributed by atoms with Crippen LogP contribution in [0, 0.1) is 35.1 Å². The Labute approximate surface area is 185 Å². The zero-order chi connectivity index (χ0) is 22.0. The van der Waals surface area contributed by atoms with Crippen molar-refractivity contribution in [1.29, 1.82) is 0 Å². The number of hydrogen-bond acceptors (Lipinski definition) is 2. The van der Waals surface area contributed by atoms with Crippen molar-refractivity contribution in [3.8, 4) is 11.8 Å². The molecule has 0 saturated carbocycles. The van der Waals surface area contributed by atoms with Crippen LogP contribution in [0.15, 0.2) is 42.5 Å². The highest BCUT2D eigenvalue weighted by Gasteiger charge is 2.09. The Morgan fingerprint density at radius 2 is 1.45 bits per heavy atom. The molecule has 0 N–H and O–H groups in total. The molecule has 0 radical (unpaired) electrons. The molecule has 0 bridgehead atoms. The number of rotatable bonds is 4. The van der Waals surface area contributed by atoms with Crippen LogP contribution in [0.5, 0.6) is 0 Å². The minimum absolute atomic E-state index is 0.0505. The molecule has 2 aromatic heterocycles. The largest absolute Gasteiger partial charge is 0.207 e. The maximum absolute atomic E-state index is 14.3. The predicted octanol–water partition coefficient (Wildman–Crippen LogP) is 8.04. The van der Waals surface area contributed by atoms with Gasteiger partial charge in [-0.1, -0.05) is 25.2 Å². The van der Waals surface area contributed by atoms with Crippen LogP contribution in [-0.4, -0.2) is 0 Å². The molecule has 156 valence electrons.